The van der Waals surface area contributed by atoms with Crippen LogP contribution in [0.2, 0.25) is 0 Å². The maximum absolute atomic E-state index is 12.8. The van der Waals surface area contributed by atoms with Crippen molar-refractivity contribution in [3.63, 3.8) is 0 Å². The van der Waals surface area contributed by atoms with Gasteiger partial charge in [0.25, 0.3) is 0 Å². The van der Waals surface area contributed by atoms with Crippen molar-refractivity contribution >= 4 is 29.9 Å². The summed E-state index contributed by atoms with van der Waals surface area (Å²) in [5, 5.41) is 37.6. The number of allylic oxidation sites excluding steroid dienone is 2. The first-order chi connectivity index (χ1) is 13.8. The Morgan fingerprint density at radius 3 is 1.52 bits per heavy atom. The SMILES string of the molecule is O=C1/C(=C/c2ccc(C(=O)O)c(O)c2)CCC/C1=C\c1ccc(C(=O)O)c(O)c1. The molecule has 7 nitrogen and oxygen atoms in total. The van der Waals surface area contributed by atoms with Gasteiger partial charge in [-0.2, -0.15) is 0 Å². The second-order valence-corrected chi connectivity index (χ2v) is 6.69. The third-order valence-electron chi connectivity index (χ3n) is 4.66. The first kappa shape index (κ1) is 19.9. The Hall–Kier alpha value is -3.87. The van der Waals surface area contributed by atoms with E-state index < -0.39 is 11.9 Å². The summed E-state index contributed by atoms with van der Waals surface area (Å²) in [5.74, 6) is -3.41. The fraction of sp³-hybridized carbons (Fsp3) is 0.136. The molecule has 1 saturated carbocycles. The third-order valence-corrected chi connectivity index (χ3v) is 4.66. The number of carbonyl (C=O) groups excluding carboxylic acids is 1. The number of aromatic carboxylic acids is 2. The Bertz CT molecular complexity index is 993. The van der Waals surface area contributed by atoms with Gasteiger partial charge in [-0.05, 0) is 66.8 Å². The molecule has 1 aliphatic carbocycles. The van der Waals surface area contributed by atoms with Gasteiger partial charge < -0.3 is 20.4 Å². The molecule has 0 saturated heterocycles. The van der Waals surface area contributed by atoms with E-state index in [1.54, 1.807) is 12.2 Å². The van der Waals surface area contributed by atoms with E-state index in [1.165, 1.54) is 36.4 Å². The van der Waals surface area contributed by atoms with Crippen LogP contribution >= 0.6 is 0 Å². The second-order valence-electron chi connectivity index (χ2n) is 6.69. The van der Waals surface area contributed by atoms with Crippen LogP contribution in [-0.4, -0.2) is 38.1 Å². The number of carboxylic acids is 2. The molecule has 0 heterocycles. The summed E-state index contributed by atoms with van der Waals surface area (Å²) in [6, 6.07) is 8.19. The van der Waals surface area contributed by atoms with E-state index in [9.17, 15) is 24.6 Å². The summed E-state index contributed by atoms with van der Waals surface area (Å²) in [6.07, 6.45) is 5.04. The number of benzene rings is 2. The lowest BCUT2D eigenvalue weighted by molar-refractivity contribution is -0.112. The normalized spacial score (nSPS) is 16.9. The predicted octanol–water partition coefficient (Wildman–Crippen LogP) is 3.71. The first-order valence-electron chi connectivity index (χ1n) is 8.84. The van der Waals surface area contributed by atoms with Gasteiger partial charge in [0.05, 0.1) is 0 Å². The van der Waals surface area contributed by atoms with E-state index >= 15 is 0 Å². The number of Topliss-reactive ketones (excluding diaryl/α,β-unsaturated/α-hetero) is 1. The van der Waals surface area contributed by atoms with Crippen LogP contribution in [0, 0.1) is 0 Å². The molecule has 2 aromatic carbocycles. The molecule has 0 unspecified atom stereocenters. The molecule has 0 aromatic heterocycles. The monoisotopic (exact) mass is 394 g/mol. The summed E-state index contributed by atoms with van der Waals surface area (Å²) in [5.41, 5.74) is 1.65. The van der Waals surface area contributed by atoms with Crippen LogP contribution in [0.1, 0.15) is 51.1 Å². The van der Waals surface area contributed by atoms with Gasteiger partial charge in [-0.1, -0.05) is 12.1 Å². The zero-order valence-corrected chi connectivity index (χ0v) is 15.3. The van der Waals surface area contributed by atoms with Gasteiger partial charge in [-0.3, -0.25) is 4.79 Å². The van der Waals surface area contributed by atoms with Crippen molar-refractivity contribution in [2.24, 2.45) is 0 Å². The Kier molecular flexibility index (Phi) is 5.50. The van der Waals surface area contributed by atoms with E-state index in [4.69, 9.17) is 10.2 Å². The Labute approximate surface area is 165 Å². The molecule has 0 radical (unpaired) electrons. The first-order valence-corrected chi connectivity index (χ1v) is 8.84. The fourth-order valence-corrected chi connectivity index (χ4v) is 3.22. The lowest BCUT2D eigenvalue weighted by Gasteiger charge is -2.17. The zero-order valence-electron chi connectivity index (χ0n) is 15.3. The molecule has 4 N–H and O–H groups in total. The lowest BCUT2D eigenvalue weighted by atomic mass is 9.86. The smallest absolute Gasteiger partial charge is 0.339 e. The number of hydrogen-bond donors (Lipinski definition) is 4. The Morgan fingerprint density at radius 2 is 1.17 bits per heavy atom. The van der Waals surface area contributed by atoms with Crippen molar-refractivity contribution in [2.45, 2.75) is 19.3 Å². The van der Waals surface area contributed by atoms with E-state index in [-0.39, 0.29) is 28.4 Å². The molecule has 148 valence electrons. The van der Waals surface area contributed by atoms with E-state index in [1.807, 2.05) is 0 Å². The molecule has 3 rings (SSSR count). The Morgan fingerprint density at radius 1 is 0.759 bits per heavy atom. The van der Waals surface area contributed by atoms with Gasteiger partial charge >= 0.3 is 11.9 Å². The molecule has 0 spiro atoms. The number of carbonyl (C=O) groups is 3. The standard InChI is InChI=1S/C22H18O7/c23-18-10-12(4-6-16(18)21(26)27)8-14-2-1-3-15(20(14)25)9-13-5-7-17(22(28)29)19(24)11-13/h4-11,23-24H,1-3H2,(H,26,27)(H,28,29)/b14-8+,15-9+. The van der Waals surface area contributed by atoms with Gasteiger partial charge in [0.1, 0.15) is 22.6 Å². The van der Waals surface area contributed by atoms with Crippen molar-refractivity contribution < 1.29 is 34.8 Å². The third kappa shape index (κ3) is 4.35. The Balaban J connectivity index is 1.88. The highest BCUT2D eigenvalue weighted by Gasteiger charge is 2.21. The molecule has 29 heavy (non-hydrogen) atoms. The molecule has 2 aromatic rings. The minimum Gasteiger partial charge on any atom is -0.507 e. The van der Waals surface area contributed by atoms with Crippen LogP contribution in [0.3, 0.4) is 0 Å². The van der Waals surface area contributed by atoms with E-state index in [0.29, 0.717) is 35.1 Å². The minimum absolute atomic E-state index is 0.181. The molecule has 0 atom stereocenters. The molecule has 0 aliphatic heterocycles. The highest BCUT2D eigenvalue weighted by atomic mass is 16.4. The van der Waals surface area contributed by atoms with Crippen LogP contribution in [0.5, 0.6) is 11.5 Å². The van der Waals surface area contributed by atoms with Crippen molar-refractivity contribution in [3.8, 4) is 11.5 Å². The molecule has 1 fully saturated rings. The number of phenols is 2. The largest absolute Gasteiger partial charge is 0.507 e. The number of carboxylic acid groups (broad SMARTS) is 2. The van der Waals surface area contributed by atoms with Gasteiger partial charge in [0, 0.05) is 11.1 Å². The molecule has 0 bridgehead atoms. The highest BCUT2D eigenvalue weighted by molar-refractivity contribution is 6.14. The van der Waals surface area contributed by atoms with Crippen LogP contribution in [0.25, 0.3) is 12.2 Å². The van der Waals surface area contributed by atoms with Crippen LogP contribution < -0.4 is 0 Å². The number of rotatable bonds is 4. The zero-order chi connectivity index (χ0) is 21.1. The van der Waals surface area contributed by atoms with Crippen molar-refractivity contribution in [2.75, 3.05) is 0 Å². The summed E-state index contributed by atoms with van der Waals surface area (Å²) >= 11 is 0. The quantitative estimate of drug-likeness (QED) is 0.581. The minimum atomic E-state index is -1.24. The van der Waals surface area contributed by atoms with Crippen LogP contribution in [0.15, 0.2) is 47.5 Å². The van der Waals surface area contributed by atoms with E-state index in [0.717, 1.165) is 6.42 Å². The summed E-state index contributed by atoms with van der Waals surface area (Å²) in [7, 11) is 0. The molecule has 1 aliphatic rings. The molecular formula is C22H18O7. The topological polar surface area (TPSA) is 132 Å². The maximum Gasteiger partial charge on any atom is 0.339 e. The van der Waals surface area contributed by atoms with E-state index in [2.05, 4.69) is 0 Å². The molecular weight excluding hydrogens is 376 g/mol. The summed E-state index contributed by atoms with van der Waals surface area (Å²) in [4.78, 5) is 34.8. The lowest BCUT2D eigenvalue weighted by Crippen LogP contribution is -2.12. The van der Waals surface area contributed by atoms with Crippen molar-refractivity contribution in [1.82, 2.24) is 0 Å². The second kappa shape index (κ2) is 8.02. The number of hydrogen-bond acceptors (Lipinski definition) is 5. The summed E-state index contributed by atoms with van der Waals surface area (Å²) < 4.78 is 0. The average Bonchev–Trinajstić information content (AvgIpc) is 2.64. The number of ketones is 1. The molecule has 7 heteroatoms. The van der Waals surface area contributed by atoms with Gasteiger partial charge in [-0.25, -0.2) is 9.59 Å². The molecule has 0 amide bonds. The van der Waals surface area contributed by atoms with Crippen molar-refractivity contribution in [3.05, 3.63) is 69.8 Å². The van der Waals surface area contributed by atoms with Gasteiger partial charge in [-0.15, -0.1) is 0 Å². The van der Waals surface area contributed by atoms with Gasteiger partial charge in [0.15, 0.2) is 5.78 Å². The van der Waals surface area contributed by atoms with Gasteiger partial charge in [0.2, 0.25) is 0 Å². The maximum atomic E-state index is 12.8. The predicted molar refractivity (Wildman–Crippen MR) is 105 cm³/mol. The summed E-state index contributed by atoms with van der Waals surface area (Å²) in [6.45, 7) is 0. The highest BCUT2D eigenvalue weighted by Crippen LogP contribution is 2.30. The van der Waals surface area contributed by atoms with Crippen molar-refractivity contribution in [1.29, 1.82) is 0 Å². The van der Waals surface area contributed by atoms with Crippen LogP contribution in [-0.2, 0) is 4.79 Å². The average molecular weight is 394 g/mol. The fourth-order valence-electron chi connectivity index (χ4n) is 3.22. The number of aromatic hydroxyl groups is 2. The van der Waals surface area contributed by atoms with Crippen LogP contribution in [0.4, 0.5) is 0 Å².